The number of allylic oxidation sites excluding steroid dienone is 5. The monoisotopic (exact) mass is 396 g/mol. The second-order valence-electron chi connectivity index (χ2n) is 11.9. The fourth-order valence-electron chi connectivity index (χ4n) is 7.59. The summed E-state index contributed by atoms with van der Waals surface area (Å²) in [7, 11) is 0. The molecule has 0 aromatic rings. The Kier molecular flexibility index (Phi) is 5.69. The van der Waals surface area contributed by atoms with Gasteiger partial charge in [-0.3, -0.25) is 0 Å². The van der Waals surface area contributed by atoms with Gasteiger partial charge in [-0.05, 0) is 91.3 Å². The Morgan fingerprint density at radius 1 is 0.931 bits per heavy atom. The first-order valence-electron chi connectivity index (χ1n) is 12.4. The van der Waals surface area contributed by atoms with Crippen LogP contribution in [0.2, 0.25) is 0 Å². The van der Waals surface area contributed by atoms with Crippen LogP contribution < -0.4 is 0 Å². The first-order valence-corrected chi connectivity index (χ1v) is 12.4. The molecule has 0 bridgehead atoms. The normalized spacial score (nSPS) is 44.0. The molecule has 4 aliphatic carbocycles. The van der Waals surface area contributed by atoms with Crippen LogP contribution >= 0.6 is 0 Å². The van der Waals surface area contributed by atoms with Crippen molar-refractivity contribution >= 4 is 0 Å². The molecule has 3 fully saturated rings. The van der Waals surface area contributed by atoms with Crippen molar-refractivity contribution in [2.75, 3.05) is 0 Å². The molecule has 0 radical (unpaired) electrons. The quantitative estimate of drug-likeness (QED) is 0.493. The minimum atomic E-state index is -0.116. The van der Waals surface area contributed by atoms with E-state index >= 15 is 0 Å². The number of hydrogen-bond acceptors (Lipinski definition) is 1. The van der Waals surface area contributed by atoms with Gasteiger partial charge >= 0.3 is 0 Å². The van der Waals surface area contributed by atoms with E-state index in [2.05, 4.69) is 65.8 Å². The maximum Gasteiger partial charge on any atom is 0.0578 e. The maximum atomic E-state index is 10.2. The molecule has 0 spiro atoms. The Morgan fingerprint density at radius 3 is 2.41 bits per heavy atom. The summed E-state index contributed by atoms with van der Waals surface area (Å²) in [5, 5.41) is 10.2. The van der Waals surface area contributed by atoms with Crippen molar-refractivity contribution in [3.63, 3.8) is 0 Å². The largest absolute Gasteiger partial charge is 0.393 e. The molecule has 0 aromatic carbocycles. The smallest absolute Gasteiger partial charge is 0.0578 e. The van der Waals surface area contributed by atoms with E-state index in [1.807, 2.05) is 0 Å². The van der Waals surface area contributed by atoms with Gasteiger partial charge in [0.15, 0.2) is 0 Å². The molecule has 162 valence electrons. The van der Waals surface area contributed by atoms with Crippen molar-refractivity contribution in [1.82, 2.24) is 0 Å². The fraction of sp³-hybridized carbons (Fsp3) is 0.786. The number of rotatable bonds is 4. The van der Waals surface area contributed by atoms with E-state index in [4.69, 9.17) is 0 Å². The molecule has 0 amide bonds. The van der Waals surface area contributed by atoms with Gasteiger partial charge in [0, 0.05) is 0 Å². The van der Waals surface area contributed by atoms with Gasteiger partial charge in [-0.15, -0.1) is 0 Å². The Bertz CT molecular complexity index is 712. The van der Waals surface area contributed by atoms with E-state index in [1.165, 1.54) is 37.7 Å². The minimum Gasteiger partial charge on any atom is -0.393 e. The SMILES string of the molecule is CC(C)[C@H](C)/C=C/[C@@H](C)[C@H]1CC[C@@H]2C3=CC=C4C[C@@H](O)CC[C@]4(C)[C@H]3CC[C@@]21C. The number of hydrogen-bond donors (Lipinski definition) is 1. The molecule has 0 saturated heterocycles. The highest BCUT2D eigenvalue weighted by atomic mass is 16.3. The van der Waals surface area contributed by atoms with E-state index in [0.29, 0.717) is 22.7 Å². The number of aliphatic hydroxyl groups is 1. The van der Waals surface area contributed by atoms with Crippen molar-refractivity contribution in [3.8, 4) is 0 Å². The van der Waals surface area contributed by atoms with E-state index < -0.39 is 0 Å². The lowest BCUT2D eigenvalue weighted by Gasteiger charge is -2.55. The molecule has 8 atom stereocenters. The van der Waals surface area contributed by atoms with E-state index in [1.54, 1.807) is 5.57 Å². The second-order valence-corrected chi connectivity index (χ2v) is 11.9. The summed E-state index contributed by atoms with van der Waals surface area (Å²) in [6.45, 7) is 14.6. The van der Waals surface area contributed by atoms with Crippen LogP contribution in [0.1, 0.15) is 86.5 Å². The van der Waals surface area contributed by atoms with Gasteiger partial charge in [-0.1, -0.05) is 77.0 Å². The van der Waals surface area contributed by atoms with Crippen LogP contribution in [0.25, 0.3) is 0 Å². The zero-order chi connectivity index (χ0) is 21.0. The third-order valence-electron chi connectivity index (χ3n) is 10.0. The van der Waals surface area contributed by atoms with Crippen LogP contribution in [0.4, 0.5) is 0 Å². The summed E-state index contributed by atoms with van der Waals surface area (Å²) in [6, 6.07) is 0. The molecule has 4 aliphatic rings. The molecular formula is C28H44O. The lowest BCUT2D eigenvalue weighted by Crippen LogP contribution is -2.46. The highest BCUT2D eigenvalue weighted by Crippen LogP contribution is 2.65. The molecule has 0 unspecified atom stereocenters. The summed E-state index contributed by atoms with van der Waals surface area (Å²) >= 11 is 0. The Balaban J connectivity index is 1.57. The van der Waals surface area contributed by atoms with Crippen molar-refractivity contribution in [1.29, 1.82) is 0 Å². The molecule has 29 heavy (non-hydrogen) atoms. The van der Waals surface area contributed by atoms with Crippen LogP contribution in [0.3, 0.4) is 0 Å². The third-order valence-corrected chi connectivity index (χ3v) is 10.0. The Morgan fingerprint density at radius 2 is 1.69 bits per heavy atom. The zero-order valence-corrected chi connectivity index (χ0v) is 19.7. The zero-order valence-electron chi connectivity index (χ0n) is 19.7. The predicted molar refractivity (Wildman–Crippen MR) is 123 cm³/mol. The van der Waals surface area contributed by atoms with Crippen molar-refractivity contribution in [2.45, 2.75) is 92.6 Å². The van der Waals surface area contributed by atoms with Gasteiger partial charge in [-0.25, -0.2) is 0 Å². The second kappa shape index (κ2) is 7.70. The van der Waals surface area contributed by atoms with E-state index in [0.717, 1.165) is 36.5 Å². The van der Waals surface area contributed by atoms with Gasteiger partial charge in [0.2, 0.25) is 0 Å². The highest BCUT2D eigenvalue weighted by molar-refractivity contribution is 5.39. The lowest BCUT2D eigenvalue weighted by molar-refractivity contribution is 0.0382. The molecule has 0 aliphatic heterocycles. The van der Waals surface area contributed by atoms with Gasteiger partial charge in [0.05, 0.1) is 6.10 Å². The Labute approximate surface area is 179 Å². The third kappa shape index (κ3) is 3.50. The predicted octanol–water partition coefficient (Wildman–Crippen LogP) is 7.33. The van der Waals surface area contributed by atoms with Gasteiger partial charge in [-0.2, -0.15) is 0 Å². The van der Waals surface area contributed by atoms with Crippen LogP contribution in [-0.2, 0) is 0 Å². The van der Waals surface area contributed by atoms with Crippen LogP contribution in [0, 0.1) is 46.3 Å². The molecule has 1 nitrogen and oxygen atoms in total. The Hall–Kier alpha value is -0.820. The van der Waals surface area contributed by atoms with Gasteiger partial charge in [0.25, 0.3) is 0 Å². The summed E-state index contributed by atoms with van der Waals surface area (Å²) in [6.07, 6.45) is 18.4. The number of fused-ring (bicyclic) bond motifs is 5. The van der Waals surface area contributed by atoms with Crippen molar-refractivity contribution in [3.05, 3.63) is 35.5 Å². The number of aliphatic hydroxyl groups excluding tert-OH is 1. The van der Waals surface area contributed by atoms with Crippen molar-refractivity contribution in [2.24, 2.45) is 46.3 Å². The van der Waals surface area contributed by atoms with E-state index in [-0.39, 0.29) is 6.10 Å². The molecule has 3 saturated carbocycles. The fourth-order valence-corrected chi connectivity index (χ4v) is 7.59. The average Bonchev–Trinajstić information content (AvgIpc) is 3.03. The summed E-state index contributed by atoms with van der Waals surface area (Å²) in [5.74, 6) is 4.38. The first kappa shape index (κ1) is 21.4. The van der Waals surface area contributed by atoms with E-state index in [9.17, 15) is 5.11 Å². The molecule has 1 N–H and O–H groups in total. The summed E-state index contributed by atoms with van der Waals surface area (Å²) in [4.78, 5) is 0. The molecule has 4 rings (SSSR count). The van der Waals surface area contributed by atoms with Crippen LogP contribution in [-0.4, -0.2) is 11.2 Å². The molecular weight excluding hydrogens is 352 g/mol. The van der Waals surface area contributed by atoms with Gasteiger partial charge < -0.3 is 5.11 Å². The first-order chi connectivity index (χ1) is 13.7. The van der Waals surface area contributed by atoms with Crippen molar-refractivity contribution < 1.29 is 5.11 Å². The molecule has 0 aromatic heterocycles. The standard InChI is InChI=1S/C28H44O/c1-18(2)19(3)7-8-20(4)24-11-12-25-23-10-9-21-17-22(29)13-15-27(21,5)26(23)14-16-28(24,25)6/h7-10,18-20,22,24-26,29H,11-17H2,1-6H3/b8-7+/t19-,20-,22+,24-,25-,26+,27+,28-/m1/s1. The minimum absolute atomic E-state index is 0.116. The van der Waals surface area contributed by atoms with Gasteiger partial charge in [0.1, 0.15) is 0 Å². The molecule has 0 heterocycles. The van der Waals surface area contributed by atoms with Crippen LogP contribution in [0.5, 0.6) is 0 Å². The lowest BCUT2D eigenvalue weighted by atomic mass is 9.50. The molecule has 1 heteroatoms. The van der Waals surface area contributed by atoms with Crippen LogP contribution in [0.15, 0.2) is 35.5 Å². The maximum absolute atomic E-state index is 10.2. The summed E-state index contributed by atoms with van der Waals surface area (Å²) < 4.78 is 0. The average molecular weight is 397 g/mol. The topological polar surface area (TPSA) is 20.2 Å². The summed E-state index contributed by atoms with van der Waals surface area (Å²) in [5.41, 5.74) is 4.07. The highest BCUT2D eigenvalue weighted by Gasteiger charge is 2.56.